The van der Waals surface area contributed by atoms with E-state index in [9.17, 15) is 4.79 Å². The third-order valence-electron chi connectivity index (χ3n) is 3.26. The first-order chi connectivity index (χ1) is 10.6. The molecule has 1 N–H and O–H groups in total. The molecular weight excluding hydrogens is 294 g/mol. The Morgan fingerprint density at radius 1 is 1.27 bits per heavy atom. The highest BCUT2D eigenvalue weighted by atomic mass is 32.2. The molecule has 0 bridgehead atoms. The molecule has 0 aliphatic carbocycles. The van der Waals surface area contributed by atoms with E-state index in [1.165, 1.54) is 11.8 Å². The van der Waals surface area contributed by atoms with Crippen molar-refractivity contribution < 1.29 is 4.79 Å². The second-order valence-electron chi connectivity index (χ2n) is 5.21. The number of rotatable bonds is 6. The molecule has 1 atom stereocenters. The van der Waals surface area contributed by atoms with E-state index in [0.717, 1.165) is 23.4 Å². The summed E-state index contributed by atoms with van der Waals surface area (Å²) in [6.07, 6.45) is 0.926. The van der Waals surface area contributed by atoms with E-state index in [-0.39, 0.29) is 11.9 Å². The summed E-state index contributed by atoms with van der Waals surface area (Å²) < 4.78 is 0. The van der Waals surface area contributed by atoms with Crippen molar-refractivity contribution in [3.8, 4) is 11.3 Å². The Balaban J connectivity index is 2.06. The first kappa shape index (κ1) is 16.5. The lowest BCUT2D eigenvalue weighted by atomic mass is 10.1. The fraction of sp³-hybridized carbons (Fsp3) is 0.353. The molecule has 0 saturated heterocycles. The predicted molar refractivity (Wildman–Crippen MR) is 90.8 cm³/mol. The highest BCUT2D eigenvalue weighted by Gasteiger charge is 2.09. The van der Waals surface area contributed by atoms with Crippen LogP contribution < -0.4 is 5.32 Å². The van der Waals surface area contributed by atoms with Gasteiger partial charge in [-0.1, -0.05) is 49.0 Å². The molecule has 4 nitrogen and oxygen atoms in total. The molecule has 0 spiro atoms. The Morgan fingerprint density at radius 2 is 2.00 bits per heavy atom. The molecule has 1 aromatic carbocycles. The predicted octanol–water partition coefficient (Wildman–Crippen LogP) is 3.46. The van der Waals surface area contributed by atoms with E-state index in [4.69, 9.17) is 0 Å². The first-order valence-electron chi connectivity index (χ1n) is 7.41. The molecule has 2 rings (SSSR count). The Hall–Kier alpha value is -1.88. The zero-order valence-electron chi connectivity index (χ0n) is 13.2. The third-order valence-corrected chi connectivity index (χ3v) is 4.10. The van der Waals surface area contributed by atoms with E-state index < -0.39 is 0 Å². The smallest absolute Gasteiger partial charge is 0.230 e. The Bertz CT molecular complexity index is 631. The molecule has 1 aromatic heterocycles. The Kier molecular flexibility index (Phi) is 5.95. The number of nitrogens with zero attached hydrogens (tertiary/aromatic N) is 2. The van der Waals surface area contributed by atoms with Gasteiger partial charge in [-0.15, -0.1) is 0 Å². The summed E-state index contributed by atoms with van der Waals surface area (Å²) in [5.74, 6) is 0.355. The molecule has 1 heterocycles. The van der Waals surface area contributed by atoms with Gasteiger partial charge in [-0.2, -0.15) is 0 Å². The normalized spacial score (nSPS) is 12.0. The van der Waals surface area contributed by atoms with Gasteiger partial charge in [-0.05, 0) is 26.3 Å². The maximum absolute atomic E-state index is 11.8. The van der Waals surface area contributed by atoms with Crippen molar-refractivity contribution in [3.05, 3.63) is 42.1 Å². The van der Waals surface area contributed by atoms with Gasteiger partial charge in [0.25, 0.3) is 0 Å². The fourth-order valence-electron chi connectivity index (χ4n) is 1.91. The van der Waals surface area contributed by atoms with Crippen molar-refractivity contribution >= 4 is 17.7 Å². The number of benzene rings is 1. The Labute approximate surface area is 135 Å². The lowest BCUT2D eigenvalue weighted by Crippen LogP contribution is -2.33. The zero-order chi connectivity index (χ0) is 15.9. The van der Waals surface area contributed by atoms with Gasteiger partial charge in [-0.3, -0.25) is 4.79 Å². The SMILES string of the molecule is CC[C@H](C)NC(=O)CSc1nc(C)cc(-c2ccccc2)n1. The lowest BCUT2D eigenvalue weighted by molar-refractivity contribution is -0.119. The molecule has 0 fully saturated rings. The fourth-order valence-corrected chi connectivity index (χ4v) is 2.63. The summed E-state index contributed by atoms with van der Waals surface area (Å²) in [4.78, 5) is 20.8. The number of aromatic nitrogens is 2. The molecule has 0 radical (unpaired) electrons. The number of aryl methyl sites for hydroxylation is 1. The average Bonchev–Trinajstić information content (AvgIpc) is 2.53. The van der Waals surface area contributed by atoms with Crippen LogP contribution in [0.2, 0.25) is 0 Å². The lowest BCUT2D eigenvalue weighted by Gasteiger charge is -2.11. The molecule has 0 unspecified atom stereocenters. The quantitative estimate of drug-likeness (QED) is 0.655. The molecule has 1 amide bonds. The maximum atomic E-state index is 11.8. The number of carbonyl (C=O) groups excluding carboxylic acids is 1. The van der Waals surface area contributed by atoms with E-state index in [2.05, 4.69) is 15.3 Å². The van der Waals surface area contributed by atoms with Crippen molar-refractivity contribution in [2.45, 2.75) is 38.4 Å². The molecule has 2 aromatic rings. The molecule has 0 saturated carbocycles. The summed E-state index contributed by atoms with van der Waals surface area (Å²) in [5, 5.41) is 3.58. The van der Waals surface area contributed by atoms with E-state index in [0.29, 0.717) is 10.9 Å². The summed E-state index contributed by atoms with van der Waals surface area (Å²) in [6.45, 7) is 5.99. The molecule has 0 aliphatic heterocycles. The van der Waals surface area contributed by atoms with Crippen LogP contribution in [0.1, 0.15) is 26.0 Å². The van der Waals surface area contributed by atoms with Crippen LogP contribution in [-0.4, -0.2) is 27.7 Å². The number of nitrogens with one attached hydrogen (secondary N) is 1. The number of thioether (sulfide) groups is 1. The highest BCUT2D eigenvalue weighted by Crippen LogP contribution is 2.21. The average molecular weight is 315 g/mol. The number of hydrogen-bond acceptors (Lipinski definition) is 4. The Morgan fingerprint density at radius 3 is 2.68 bits per heavy atom. The van der Waals surface area contributed by atoms with Crippen LogP contribution in [0.15, 0.2) is 41.6 Å². The molecule has 0 aliphatic rings. The number of hydrogen-bond donors (Lipinski definition) is 1. The van der Waals surface area contributed by atoms with Gasteiger partial charge in [0.1, 0.15) is 0 Å². The standard InChI is InChI=1S/C17H21N3OS/c1-4-12(2)18-16(21)11-22-17-19-13(3)10-15(20-17)14-8-6-5-7-9-14/h5-10,12H,4,11H2,1-3H3,(H,18,21)/t12-/m0/s1. The van der Waals surface area contributed by atoms with Gasteiger partial charge in [0.15, 0.2) is 5.16 Å². The van der Waals surface area contributed by atoms with Crippen LogP contribution in [-0.2, 0) is 4.79 Å². The van der Waals surface area contributed by atoms with Crippen molar-refractivity contribution in [3.63, 3.8) is 0 Å². The van der Waals surface area contributed by atoms with Crippen LogP contribution in [0.25, 0.3) is 11.3 Å². The van der Waals surface area contributed by atoms with Crippen molar-refractivity contribution in [2.75, 3.05) is 5.75 Å². The van der Waals surface area contributed by atoms with Crippen LogP contribution in [0.5, 0.6) is 0 Å². The second-order valence-corrected chi connectivity index (χ2v) is 6.15. The minimum absolute atomic E-state index is 0.0192. The largest absolute Gasteiger partial charge is 0.353 e. The van der Waals surface area contributed by atoms with Crippen molar-refractivity contribution in [1.82, 2.24) is 15.3 Å². The molecule has 5 heteroatoms. The molecular formula is C17H21N3OS. The van der Waals surface area contributed by atoms with Gasteiger partial charge >= 0.3 is 0 Å². The van der Waals surface area contributed by atoms with Gasteiger partial charge in [0, 0.05) is 17.3 Å². The second kappa shape index (κ2) is 7.94. The van der Waals surface area contributed by atoms with Gasteiger partial charge in [0.05, 0.1) is 11.4 Å². The minimum atomic E-state index is 0.0192. The van der Waals surface area contributed by atoms with Crippen molar-refractivity contribution in [1.29, 1.82) is 0 Å². The summed E-state index contributed by atoms with van der Waals surface area (Å²) in [6, 6.07) is 12.1. The first-order valence-corrected chi connectivity index (χ1v) is 8.40. The summed E-state index contributed by atoms with van der Waals surface area (Å²) in [5.41, 5.74) is 2.84. The van der Waals surface area contributed by atoms with E-state index in [1.54, 1.807) is 0 Å². The molecule has 116 valence electrons. The monoisotopic (exact) mass is 315 g/mol. The maximum Gasteiger partial charge on any atom is 0.230 e. The van der Waals surface area contributed by atoms with Crippen molar-refractivity contribution in [2.24, 2.45) is 0 Å². The van der Waals surface area contributed by atoms with Crippen LogP contribution >= 0.6 is 11.8 Å². The van der Waals surface area contributed by atoms with Gasteiger partial charge in [-0.25, -0.2) is 9.97 Å². The van der Waals surface area contributed by atoms with E-state index >= 15 is 0 Å². The van der Waals surface area contributed by atoms with Crippen LogP contribution in [0, 0.1) is 6.92 Å². The summed E-state index contributed by atoms with van der Waals surface area (Å²) in [7, 11) is 0. The topological polar surface area (TPSA) is 54.9 Å². The highest BCUT2D eigenvalue weighted by molar-refractivity contribution is 7.99. The molecule has 22 heavy (non-hydrogen) atoms. The van der Waals surface area contributed by atoms with E-state index in [1.807, 2.05) is 57.2 Å². The van der Waals surface area contributed by atoms with Gasteiger partial charge in [0.2, 0.25) is 5.91 Å². The van der Waals surface area contributed by atoms with Crippen LogP contribution in [0.3, 0.4) is 0 Å². The summed E-state index contributed by atoms with van der Waals surface area (Å²) >= 11 is 1.37. The van der Waals surface area contributed by atoms with Gasteiger partial charge < -0.3 is 5.32 Å². The number of amides is 1. The third kappa shape index (κ3) is 4.84. The minimum Gasteiger partial charge on any atom is -0.353 e. The zero-order valence-corrected chi connectivity index (χ0v) is 14.0. The number of carbonyl (C=O) groups is 1. The van der Waals surface area contributed by atoms with Crippen LogP contribution in [0.4, 0.5) is 0 Å².